The number of rotatable bonds is 5. The SMILES string of the molecule is CCc1ccc(Cn2nc(C)c(CC(=O)O)c2C)s1. The Morgan fingerprint density at radius 3 is 2.63 bits per heavy atom. The molecule has 4 nitrogen and oxygen atoms in total. The molecular formula is C14H18N2O2S. The summed E-state index contributed by atoms with van der Waals surface area (Å²) in [6.07, 6.45) is 1.09. The van der Waals surface area contributed by atoms with Gasteiger partial charge in [0.1, 0.15) is 0 Å². The maximum Gasteiger partial charge on any atom is 0.307 e. The number of hydrogen-bond acceptors (Lipinski definition) is 3. The highest BCUT2D eigenvalue weighted by atomic mass is 32.1. The van der Waals surface area contributed by atoms with Gasteiger partial charge in [0.05, 0.1) is 18.7 Å². The minimum Gasteiger partial charge on any atom is -0.481 e. The van der Waals surface area contributed by atoms with E-state index in [0.29, 0.717) is 0 Å². The molecule has 2 rings (SSSR count). The summed E-state index contributed by atoms with van der Waals surface area (Å²) in [5.74, 6) is -0.810. The van der Waals surface area contributed by atoms with E-state index in [1.165, 1.54) is 9.75 Å². The smallest absolute Gasteiger partial charge is 0.307 e. The lowest BCUT2D eigenvalue weighted by Crippen LogP contribution is -2.05. The van der Waals surface area contributed by atoms with Crippen molar-refractivity contribution in [3.05, 3.63) is 38.8 Å². The zero-order chi connectivity index (χ0) is 14.0. The van der Waals surface area contributed by atoms with Crippen LogP contribution in [-0.2, 0) is 24.2 Å². The Kier molecular flexibility index (Phi) is 4.04. The quantitative estimate of drug-likeness (QED) is 0.915. The normalized spacial score (nSPS) is 10.9. The zero-order valence-corrected chi connectivity index (χ0v) is 12.3. The van der Waals surface area contributed by atoms with Gasteiger partial charge < -0.3 is 5.11 Å². The van der Waals surface area contributed by atoms with Gasteiger partial charge in [-0.05, 0) is 32.4 Å². The van der Waals surface area contributed by atoms with Crippen LogP contribution in [0.3, 0.4) is 0 Å². The van der Waals surface area contributed by atoms with Crippen LogP contribution in [0.4, 0.5) is 0 Å². The van der Waals surface area contributed by atoms with Crippen LogP contribution < -0.4 is 0 Å². The van der Waals surface area contributed by atoms with Crippen molar-refractivity contribution >= 4 is 17.3 Å². The Morgan fingerprint density at radius 2 is 2.05 bits per heavy atom. The maximum absolute atomic E-state index is 10.8. The number of aryl methyl sites for hydroxylation is 2. The Balaban J connectivity index is 2.23. The number of thiophene rings is 1. The van der Waals surface area contributed by atoms with Crippen LogP contribution in [0.25, 0.3) is 0 Å². The molecule has 0 fully saturated rings. The highest BCUT2D eigenvalue weighted by Crippen LogP contribution is 2.20. The first-order valence-electron chi connectivity index (χ1n) is 6.33. The van der Waals surface area contributed by atoms with Crippen molar-refractivity contribution in [2.45, 2.75) is 40.2 Å². The van der Waals surface area contributed by atoms with Crippen LogP contribution in [0.2, 0.25) is 0 Å². The van der Waals surface area contributed by atoms with E-state index in [0.717, 1.165) is 29.9 Å². The van der Waals surface area contributed by atoms with Crippen molar-refractivity contribution in [2.24, 2.45) is 0 Å². The van der Waals surface area contributed by atoms with Gasteiger partial charge in [0, 0.05) is 21.0 Å². The van der Waals surface area contributed by atoms with Crippen LogP contribution in [0.1, 0.15) is 33.6 Å². The third-order valence-electron chi connectivity index (χ3n) is 3.23. The molecule has 1 N–H and O–H groups in total. The molecule has 0 saturated heterocycles. The Morgan fingerprint density at radius 1 is 1.37 bits per heavy atom. The fraction of sp³-hybridized carbons (Fsp3) is 0.429. The lowest BCUT2D eigenvalue weighted by Gasteiger charge is -2.03. The van der Waals surface area contributed by atoms with Crippen molar-refractivity contribution in [1.82, 2.24) is 9.78 Å². The molecule has 2 aromatic rings. The summed E-state index contributed by atoms with van der Waals surface area (Å²) >= 11 is 1.79. The summed E-state index contributed by atoms with van der Waals surface area (Å²) in [7, 11) is 0. The summed E-state index contributed by atoms with van der Waals surface area (Å²) in [5.41, 5.74) is 2.60. The van der Waals surface area contributed by atoms with E-state index < -0.39 is 5.97 Å². The highest BCUT2D eigenvalue weighted by molar-refractivity contribution is 7.11. The average Bonchev–Trinajstić information content (AvgIpc) is 2.90. The predicted octanol–water partition coefficient (Wildman–Crippen LogP) is 2.80. The Hall–Kier alpha value is -1.62. The summed E-state index contributed by atoms with van der Waals surface area (Å²) in [6.45, 7) is 6.67. The standard InChI is InChI=1S/C14H18N2O2S/c1-4-11-5-6-12(19-11)8-16-10(3)13(7-14(17)18)9(2)15-16/h5-6H,4,7-8H2,1-3H3,(H,17,18). The van der Waals surface area contributed by atoms with Crippen LogP contribution >= 0.6 is 11.3 Å². The van der Waals surface area contributed by atoms with Crippen molar-refractivity contribution in [3.63, 3.8) is 0 Å². The van der Waals surface area contributed by atoms with E-state index in [1.807, 2.05) is 18.5 Å². The van der Waals surface area contributed by atoms with Gasteiger partial charge in [0.2, 0.25) is 0 Å². The van der Waals surface area contributed by atoms with Crippen LogP contribution in [0.5, 0.6) is 0 Å². The number of nitrogens with zero attached hydrogens (tertiary/aromatic N) is 2. The lowest BCUT2D eigenvalue weighted by molar-refractivity contribution is -0.136. The molecule has 0 unspecified atom stereocenters. The third kappa shape index (κ3) is 3.04. The second-order valence-corrected chi connectivity index (χ2v) is 5.85. The van der Waals surface area contributed by atoms with Gasteiger partial charge in [-0.25, -0.2) is 0 Å². The summed E-state index contributed by atoms with van der Waals surface area (Å²) in [6, 6.07) is 4.26. The predicted molar refractivity (Wildman–Crippen MR) is 75.8 cm³/mol. The molecule has 0 amide bonds. The summed E-state index contributed by atoms with van der Waals surface area (Å²) in [5, 5.41) is 13.4. The molecule has 0 radical (unpaired) electrons. The molecule has 2 heterocycles. The zero-order valence-electron chi connectivity index (χ0n) is 11.4. The lowest BCUT2D eigenvalue weighted by atomic mass is 10.1. The first-order valence-corrected chi connectivity index (χ1v) is 7.15. The molecule has 0 aliphatic rings. The number of aliphatic carboxylic acids is 1. The highest BCUT2D eigenvalue weighted by Gasteiger charge is 2.14. The van der Waals surface area contributed by atoms with Crippen molar-refractivity contribution in [1.29, 1.82) is 0 Å². The average molecular weight is 278 g/mol. The van der Waals surface area contributed by atoms with Gasteiger partial charge in [-0.2, -0.15) is 5.10 Å². The van der Waals surface area contributed by atoms with E-state index in [1.54, 1.807) is 11.3 Å². The molecule has 0 aromatic carbocycles. The van der Waals surface area contributed by atoms with Gasteiger partial charge in [-0.1, -0.05) is 6.92 Å². The molecule has 0 saturated carbocycles. The van der Waals surface area contributed by atoms with Gasteiger partial charge >= 0.3 is 5.97 Å². The number of carbonyl (C=O) groups is 1. The van der Waals surface area contributed by atoms with Crippen molar-refractivity contribution in [3.8, 4) is 0 Å². The summed E-state index contributed by atoms with van der Waals surface area (Å²) < 4.78 is 1.90. The van der Waals surface area contributed by atoms with Crippen LogP contribution in [-0.4, -0.2) is 20.9 Å². The molecule has 0 atom stereocenters. The molecule has 0 spiro atoms. The molecule has 2 aromatic heterocycles. The van der Waals surface area contributed by atoms with E-state index in [-0.39, 0.29) is 6.42 Å². The van der Waals surface area contributed by atoms with Gasteiger partial charge in [-0.15, -0.1) is 11.3 Å². The van der Waals surface area contributed by atoms with Crippen molar-refractivity contribution < 1.29 is 9.90 Å². The molecule has 102 valence electrons. The topological polar surface area (TPSA) is 55.1 Å². The first kappa shape index (κ1) is 13.8. The Bertz CT molecular complexity index is 599. The minimum atomic E-state index is -0.810. The summed E-state index contributed by atoms with van der Waals surface area (Å²) in [4.78, 5) is 13.5. The Labute approximate surface area is 116 Å². The second-order valence-electron chi connectivity index (χ2n) is 4.60. The second kappa shape index (κ2) is 5.57. The monoisotopic (exact) mass is 278 g/mol. The third-order valence-corrected chi connectivity index (χ3v) is 4.45. The number of aromatic nitrogens is 2. The van der Waals surface area contributed by atoms with E-state index in [2.05, 4.69) is 24.2 Å². The van der Waals surface area contributed by atoms with E-state index in [9.17, 15) is 4.79 Å². The molecular weight excluding hydrogens is 260 g/mol. The van der Waals surface area contributed by atoms with Crippen LogP contribution in [0.15, 0.2) is 12.1 Å². The molecule has 5 heteroatoms. The number of carboxylic acid groups (broad SMARTS) is 1. The fourth-order valence-electron chi connectivity index (χ4n) is 2.14. The van der Waals surface area contributed by atoms with E-state index in [4.69, 9.17) is 5.11 Å². The first-order chi connectivity index (χ1) is 9.01. The maximum atomic E-state index is 10.8. The van der Waals surface area contributed by atoms with Crippen molar-refractivity contribution in [2.75, 3.05) is 0 Å². The van der Waals surface area contributed by atoms with E-state index >= 15 is 0 Å². The van der Waals surface area contributed by atoms with Gasteiger partial charge in [-0.3, -0.25) is 9.48 Å². The van der Waals surface area contributed by atoms with Gasteiger partial charge in [0.25, 0.3) is 0 Å². The van der Waals surface area contributed by atoms with Crippen LogP contribution in [0, 0.1) is 13.8 Å². The molecule has 0 aliphatic heterocycles. The molecule has 0 aliphatic carbocycles. The molecule has 19 heavy (non-hydrogen) atoms. The largest absolute Gasteiger partial charge is 0.481 e. The molecule has 0 bridgehead atoms. The fourth-order valence-corrected chi connectivity index (χ4v) is 3.08. The number of hydrogen-bond donors (Lipinski definition) is 1. The van der Waals surface area contributed by atoms with Gasteiger partial charge in [0.15, 0.2) is 0 Å². The minimum absolute atomic E-state index is 0.0440. The number of carboxylic acids is 1.